The number of unbranched alkanes of at least 4 members (excludes halogenated alkanes) is 22. The minimum Gasteiger partial charge on any atom is -0.462 e. The largest absolute Gasteiger partial charge is 0.472 e. The van der Waals surface area contributed by atoms with E-state index in [4.69, 9.17) is 37.0 Å². The van der Waals surface area contributed by atoms with Gasteiger partial charge in [0, 0.05) is 19.3 Å². The number of esters is 4. The zero-order valence-electron chi connectivity index (χ0n) is 57.2. The zero-order chi connectivity index (χ0) is 67.5. The lowest BCUT2D eigenvalue weighted by Gasteiger charge is -2.21. The smallest absolute Gasteiger partial charge is 0.462 e. The van der Waals surface area contributed by atoms with Crippen molar-refractivity contribution in [3.05, 3.63) is 109 Å². The molecule has 0 spiro atoms. The van der Waals surface area contributed by atoms with E-state index >= 15 is 0 Å². The molecule has 19 heteroatoms. The zero-order valence-corrected chi connectivity index (χ0v) is 59.0. The quantitative estimate of drug-likeness (QED) is 0.0169. The number of hydrogen-bond donors (Lipinski definition) is 3. The Bertz CT molecular complexity index is 2180. The molecule has 528 valence electrons. The van der Waals surface area contributed by atoms with Gasteiger partial charge in [-0.15, -0.1) is 0 Å². The van der Waals surface area contributed by atoms with E-state index in [1.165, 1.54) is 44.9 Å². The number of rotatable bonds is 65. The molecule has 0 saturated carbocycles. The van der Waals surface area contributed by atoms with Crippen LogP contribution in [0.1, 0.15) is 272 Å². The van der Waals surface area contributed by atoms with E-state index < -0.39 is 97.5 Å². The molecule has 0 bridgehead atoms. The highest BCUT2D eigenvalue weighted by atomic mass is 31.2. The van der Waals surface area contributed by atoms with Crippen molar-refractivity contribution in [1.82, 2.24) is 0 Å². The van der Waals surface area contributed by atoms with Crippen LogP contribution < -0.4 is 0 Å². The van der Waals surface area contributed by atoms with Crippen LogP contribution in [0.3, 0.4) is 0 Å². The van der Waals surface area contributed by atoms with Crippen molar-refractivity contribution in [1.29, 1.82) is 0 Å². The molecule has 0 aliphatic carbocycles. The summed E-state index contributed by atoms with van der Waals surface area (Å²) in [5.74, 6) is -2.36. The fraction of sp³-hybridized carbons (Fsp3) is 0.699. The lowest BCUT2D eigenvalue weighted by Crippen LogP contribution is -2.30. The summed E-state index contributed by atoms with van der Waals surface area (Å²) < 4.78 is 68.0. The van der Waals surface area contributed by atoms with Gasteiger partial charge in [0.15, 0.2) is 12.2 Å². The van der Waals surface area contributed by atoms with Crippen LogP contribution in [-0.4, -0.2) is 96.7 Å². The molecule has 0 aliphatic rings. The first kappa shape index (κ1) is 87.7. The Hall–Kier alpha value is -4.28. The van der Waals surface area contributed by atoms with Gasteiger partial charge in [0.05, 0.1) is 32.8 Å². The van der Waals surface area contributed by atoms with Crippen molar-refractivity contribution in [3.63, 3.8) is 0 Å². The van der Waals surface area contributed by atoms with Gasteiger partial charge in [-0.3, -0.25) is 37.3 Å². The van der Waals surface area contributed by atoms with Crippen molar-refractivity contribution in [2.45, 2.75) is 290 Å². The van der Waals surface area contributed by atoms with Gasteiger partial charge >= 0.3 is 39.5 Å². The summed E-state index contributed by atoms with van der Waals surface area (Å²) in [4.78, 5) is 72.4. The molecular weight excluding hydrogens is 1210 g/mol. The van der Waals surface area contributed by atoms with Crippen LogP contribution in [0.5, 0.6) is 0 Å². The molecule has 17 nitrogen and oxygen atoms in total. The summed E-state index contributed by atoms with van der Waals surface area (Å²) in [5, 5.41) is 10.6. The van der Waals surface area contributed by atoms with Crippen LogP contribution in [0, 0.1) is 0 Å². The highest BCUT2D eigenvalue weighted by Gasteiger charge is 2.30. The lowest BCUT2D eigenvalue weighted by molar-refractivity contribution is -0.161. The number of phosphoric ester groups is 2. The van der Waals surface area contributed by atoms with Crippen molar-refractivity contribution < 1.29 is 80.2 Å². The minimum absolute atomic E-state index is 0.0633. The standard InChI is InChI=1S/C73H124O17P2/c1-5-9-13-17-21-25-29-31-33-35-39-41-45-49-53-57-70(75)83-63-68(89-72(77)59-55-51-47-43-37-27-23-19-15-11-7-3)65-87-91(79,80)85-61-67(74)62-86-92(81,82)88-66-69(90-73(78)60-56-52-48-44-38-28-24-20-16-12-8-4)64-84-71(76)58-54-50-46-42-40-36-34-32-30-26-22-18-14-10-6-2/h9,13,19-26,31-34,39,41,49,53,67-69,74H,5-8,10-12,14-18,27-30,35-38,40,42-48,50-52,54-66H2,1-4H3,(H,79,80)(H,81,82)/b13-9-,23-19-,24-20-,25-21-,26-22-,33-31-,34-32-,41-39-,53-49-. The highest BCUT2D eigenvalue weighted by molar-refractivity contribution is 7.47. The van der Waals surface area contributed by atoms with Crippen molar-refractivity contribution >= 4 is 39.5 Å². The van der Waals surface area contributed by atoms with Gasteiger partial charge in [-0.25, -0.2) is 9.13 Å². The van der Waals surface area contributed by atoms with E-state index in [1.54, 1.807) is 6.08 Å². The highest BCUT2D eigenvalue weighted by Crippen LogP contribution is 2.45. The topological polar surface area (TPSA) is 237 Å². The Labute approximate surface area is 556 Å². The average Bonchev–Trinajstić information content (AvgIpc) is 2.55. The van der Waals surface area contributed by atoms with E-state index in [-0.39, 0.29) is 25.7 Å². The first-order valence-corrected chi connectivity index (χ1v) is 38.1. The first-order chi connectivity index (χ1) is 44.7. The maximum Gasteiger partial charge on any atom is 0.472 e. The van der Waals surface area contributed by atoms with E-state index in [9.17, 15) is 43.2 Å². The number of carbonyl (C=O) groups is 4. The normalized spacial score (nSPS) is 14.7. The molecule has 0 radical (unpaired) electrons. The molecule has 5 atom stereocenters. The van der Waals surface area contributed by atoms with E-state index in [2.05, 4.69) is 113 Å². The molecule has 0 rings (SSSR count). The summed E-state index contributed by atoms with van der Waals surface area (Å²) in [7, 11) is -9.97. The van der Waals surface area contributed by atoms with Crippen LogP contribution >= 0.6 is 15.6 Å². The van der Waals surface area contributed by atoms with Crippen LogP contribution in [0.2, 0.25) is 0 Å². The molecule has 0 amide bonds. The summed E-state index contributed by atoms with van der Waals surface area (Å²) >= 11 is 0. The molecule has 0 heterocycles. The molecule has 0 fully saturated rings. The molecule has 0 aromatic heterocycles. The number of aliphatic hydroxyl groups is 1. The monoisotopic (exact) mass is 1330 g/mol. The van der Waals surface area contributed by atoms with Crippen LogP contribution in [0.15, 0.2) is 109 Å². The van der Waals surface area contributed by atoms with Gasteiger partial charge in [-0.05, 0) is 122 Å². The number of allylic oxidation sites excluding steroid dienone is 17. The van der Waals surface area contributed by atoms with Gasteiger partial charge in [-0.1, -0.05) is 233 Å². The number of hydrogen-bond acceptors (Lipinski definition) is 15. The van der Waals surface area contributed by atoms with Gasteiger partial charge in [0.1, 0.15) is 19.3 Å². The van der Waals surface area contributed by atoms with E-state index in [1.807, 2.05) is 18.2 Å². The first-order valence-electron chi connectivity index (χ1n) is 35.1. The van der Waals surface area contributed by atoms with E-state index in [0.29, 0.717) is 25.7 Å². The third kappa shape index (κ3) is 64.4. The second kappa shape index (κ2) is 65.4. The molecule has 0 aromatic carbocycles. The van der Waals surface area contributed by atoms with Gasteiger partial charge in [0.25, 0.3) is 0 Å². The van der Waals surface area contributed by atoms with Crippen molar-refractivity contribution in [2.24, 2.45) is 0 Å². The number of ether oxygens (including phenoxy) is 4. The SMILES string of the molecule is CC/C=C\C/C=C\C/C=C\C/C=C\C/C=C\CC(=O)OCC(COP(=O)(O)OCC(O)COP(=O)(O)OCC(COC(=O)CCCCCCC/C=C\C/C=C\CCCCC)OC(=O)CCCCCCC/C=C\CCCC)OC(=O)CCCCCCC/C=C\CCCC. The predicted molar refractivity (Wildman–Crippen MR) is 372 cm³/mol. The van der Waals surface area contributed by atoms with Crippen molar-refractivity contribution in [3.8, 4) is 0 Å². The summed E-state index contributed by atoms with van der Waals surface area (Å²) in [6.45, 7) is 4.47. The maximum atomic E-state index is 13.0. The Morgan fingerprint density at radius 2 is 0.620 bits per heavy atom. The Kier molecular flexibility index (Phi) is 62.3. The Morgan fingerprint density at radius 3 is 1.01 bits per heavy atom. The summed E-state index contributed by atoms with van der Waals surface area (Å²) in [6.07, 6.45) is 67.1. The Balaban J connectivity index is 5.38. The van der Waals surface area contributed by atoms with Gasteiger partial charge < -0.3 is 33.8 Å². The third-order valence-electron chi connectivity index (χ3n) is 14.2. The average molecular weight is 1340 g/mol. The predicted octanol–water partition coefficient (Wildman–Crippen LogP) is 19.4. The van der Waals surface area contributed by atoms with Crippen LogP contribution in [-0.2, 0) is 65.4 Å². The lowest BCUT2D eigenvalue weighted by atomic mass is 10.1. The van der Waals surface area contributed by atoms with Crippen LogP contribution in [0.25, 0.3) is 0 Å². The third-order valence-corrected chi connectivity index (χ3v) is 16.1. The molecule has 92 heavy (non-hydrogen) atoms. The number of carbonyl (C=O) groups excluding carboxylic acids is 4. The van der Waals surface area contributed by atoms with Gasteiger partial charge in [-0.2, -0.15) is 0 Å². The fourth-order valence-corrected chi connectivity index (χ4v) is 10.4. The maximum absolute atomic E-state index is 13.0. The summed E-state index contributed by atoms with van der Waals surface area (Å²) in [5.41, 5.74) is 0. The minimum atomic E-state index is -4.99. The van der Waals surface area contributed by atoms with E-state index in [0.717, 1.165) is 148 Å². The number of phosphoric acid groups is 2. The second-order valence-electron chi connectivity index (χ2n) is 23.1. The molecule has 0 aliphatic heterocycles. The molecule has 0 saturated heterocycles. The molecule has 3 N–H and O–H groups in total. The second-order valence-corrected chi connectivity index (χ2v) is 26.0. The Morgan fingerprint density at radius 1 is 0.326 bits per heavy atom. The van der Waals surface area contributed by atoms with Crippen molar-refractivity contribution in [2.75, 3.05) is 39.6 Å². The van der Waals surface area contributed by atoms with Gasteiger partial charge in [0.2, 0.25) is 0 Å². The fourth-order valence-electron chi connectivity index (χ4n) is 8.81. The number of aliphatic hydroxyl groups excluding tert-OH is 1. The summed E-state index contributed by atoms with van der Waals surface area (Å²) in [6, 6.07) is 0. The molecule has 0 aromatic rings. The van der Waals surface area contributed by atoms with Crippen LogP contribution in [0.4, 0.5) is 0 Å². The molecular formula is C73H124O17P2. The molecule has 5 unspecified atom stereocenters.